The molecule has 88 valence electrons. The summed E-state index contributed by atoms with van der Waals surface area (Å²) in [7, 11) is -2.15. The van der Waals surface area contributed by atoms with E-state index in [-0.39, 0.29) is 16.5 Å². The number of rotatable bonds is 4. The van der Waals surface area contributed by atoms with Gasteiger partial charge in [-0.15, -0.1) is 6.58 Å². The standard InChI is InChI=1S/C10H13ClN2O2S/c1-3-6-13(2)16(14,15)10-7-8(12)4-5-9(10)11/h3-5,7H,1,6,12H2,2H3. The number of nitrogen functional groups attached to an aromatic ring is 1. The molecule has 0 fully saturated rings. The zero-order chi connectivity index (χ0) is 12.3. The molecule has 0 aromatic heterocycles. The van der Waals surface area contributed by atoms with Gasteiger partial charge in [-0.2, -0.15) is 4.31 Å². The second-order valence-corrected chi connectivity index (χ2v) is 5.68. The van der Waals surface area contributed by atoms with E-state index in [1.165, 1.54) is 25.3 Å². The number of halogens is 1. The fourth-order valence-electron chi connectivity index (χ4n) is 1.17. The first kappa shape index (κ1) is 13.0. The second-order valence-electron chi connectivity index (χ2n) is 3.26. The lowest BCUT2D eigenvalue weighted by molar-refractivity contribution is 0.499. The van der Waals surface area contributed by atoms with Crippen LogP contribution in [0.3, 0.4) is 0 Å². The zero-order valence-electron chi connectivity index (χ0n) is 8.85. The van der Waals surface area contributed by atoms with E-state index >= 15 is 0 Å². The quantitative estimate of drug-likeness (QED) is 0.662. The summed E-state index contributed by atoms with van der Waals surface area (Å²) in [5.41, 5.74) is 5.89. The third-order valence-corrected chi connectivity index (χ3v) is 4.33. The number of likely N-dealkylation sites (N-methyl/N-ethyl adjacent to an activating group) is 1. The van der Waals surface area contributed by atoms with Gasteiger partial charge in [0.05, 0.1) is 5.02 Å². The van der Waals surface area contributed by atoms with Crippen molar-refractivity contribution in [2.75, 3.05) is 19.3 Å². The van der Waals surface area contributed by atoms with E-state index < -0.39 is 10.0 Å². The highest BCUT2D eigenvalue weighted by Gasteiger charge is 2.22. The highest BCUT2D eigenvalue weighted by molar-refractivity contribution is 7.89. The first-order valence-corrected chi connectivity index (χ1v) is 6.33. The van der Waals surface area contributed by atoms with Gasteiger partial charge >= 0.3 is 0 Å². The maximum atomic E-state index is 12.0. The molecule has 0 heterocycles. The van der Waals surface area contributed by atoms with Crippen LogP contribution >= 0.6 is 11.6 Å². The van der Waals surface area contributed by atoms with E-state index in [2.05, 4.69) is 6.58 Å². The highest BCUT2D eigenvalue weighted by atomic mass is 35.5. The molecule has 0 saturated heterocycles. The van der Waals surface area contributed by atoms with Gasteiger partial charge in [0.1, 0.15) is 4.90 Å². The Labute approximate surface area is 100 Å². The molecule has 0 unspecified atom stereocenters. The summed E-state index contributed by atoms with van der Waals surface area (Å²) in [5.74, 6) is 0. The van der Waals surface area contributed by atoms with Gasteiger partial charge in [-0.3, -0.25) is 0 Å². The number of anilines is 1. The van der Waals surface area contributed by atoms with Crippen LogP contribution in [-0.2, 0) is 10.0 Å². The Kier molecular flexibility index (Phi) is 3.96. The topological polar surface area (TPSA) is 63.4 Å². The fourth-order valence-corrected chi connectivity index (χ4v) is 2.81. The Morgan fingerprint density at radius 2 is 2.19 bits per heavy atom. The maximum absolute atomic E-state index is 12.0. The number of sulfonamides is 1. The number of benzene rings is 1. The summed E-state index contributed by atoms with van der Waals surface area (Å²) in [6.07, 6.45) is 1.50. The fraction of sp³-hybridized carbons (Fsp3) is 0.200. The third-order valence-electron chi connectivity index (χ3n) is 2.03. The number of nitrogens with two attached hydrogens (primary N) is 1. The molecule has 0 radical (unpaired) electrons. The van der Waals surface area contributed by atoms with Gasteiger partial charge in [0.15, 0.2) is 0 Å². The van der Waals surface area contributed by atoms with Crippen molar-refractivity contribution >= 4 is 27.3 Å². The predicted molar refractivity (Wildman–Crippen MR) is 65.9 cm³/mol. The SMILES string of the molecule is C=CCN(C)S(=O)(=O)c1cc(N)ccc1Cl. The summed E-state index contributed by atoms with van der Waals surface area (Å²) < 4.78 is 25.2. The lowest BCUT2D eigenvalue weighted by Gasteiger charge is -2.16. The van der Waals surface area contributed by atoms with Crippen molar-refractivity contribution in [3.05, 3.63) is 35.9 Å². The van der Waals surface area contributed by atoms with Crippen LogP contribution in [0.2, 0.25) is 5.02 Å². The Bertz CT molecular complexity index is 500. The molecule has 0 aliphatic heterocycles. The van der Waals surface area contributed by atoms with Crippen LogP contribution in [0, 0.1) is 0 Å². The highest BCUT2D eigenvalue weighted by Crippen LogP contribution is 2.25. The maximum Gasteiger partial charge on any atom is 0.244 e. The first-order chi connectivity index (χ1) is 7.39. The Morgan fingerprint density at radius 3 is 2.75 bits per heavy atom. The van der Waals surface area contributed by atoms with E-state index in [1.807, 2.05) is 0 Å². The van der Waals surface area contributed by atoms with Crippen LogP contribution < -0.4 is 5.73 Å². The molecule has 0 atom stereocenters. The van der Waals surface area contributed by atoms with E-state index in [0.717, 1.165) is 4.31 Å². The Balaban J connectivity index is 3.26. The van der Waals surface area contributed by atoms with Crippen molar-refractivity contribution in [2.24, 2.45) is 0 Å². The number of hydrogen-bond donors (Lipinski definition) is 1. The molecular weight excluding hydrogens is 248 g/mol. The summed E-state index contributed by atoms with van der Waals surface area (Å²) in [6.45, 7) is 3.70. The molecule has 6 heteroatoms. The Hall–Kier alpha value is -1.04. The van der Waals surface area contributed by atoms with Crippen molar-refractivity contribution in [1.82, 2.24) is 4.31 Å². The van der Waals surface area contributed by atoms with Crippen molar-refractivity contribution in [2.45, 2.75) is 4.90 Å². The molecule has 0 amide bonds. The number of hydrogen-bond acceptors (Lipinski definition) is 3. The third kappa shape index (κ3) is 2.55. The zero-order valence-corrected chi connectivity index (χ0v) is 10.4. The van der Waals surface area contributed by atoms with Crippen molar-refractivity contribution < 1.29 is 8.42 Å². The van der Waals surface area contributed by atoms with Crippen LogP contribution in [-0.4, -0.2) is 26.3 Å². The minimum absolute atomic E-state index is 0.0125. The van der Waals surface area contributed by atoms with Crippen LogP contribution in [0.5, 0.6) is 0 Å². The molecule has 0 aliphatic carbocycles. The average molecular weight is 261 g/mol. The molecule has 1 rings (SSSR count). The Morgan fingerprint density at radius 1 is 1.56 bits per heavy atom. The molecule has 0 saturated carbocycles. The summed E-state index contributed by atoms with van der Waals surface area (Å²) >= 11 is 5.84. The first-order valence-electron chi connectivity index (χ1n) is 4.52. The molecule has 4 nitrogen and oxygen atoms in total. The van der Waals surface area contributed by atoms with Gasteiger partial charge in [-0.1, -0.05) is 17.7 Å². The smallest absolute Gasteiger partial charge is 0.244 e. The lowest BCUT2D eigenvalue weighted by Crippen LogP contribution is -2.27. The summed E-state index contributed by atoms with van der Waals surface area (Å²) in [5, 5.41) is 0.158. The van der Waals surface area contributed by atoms with Gasteiger partial charge < -0.3 is 5.73 Å². The average Bonchev–Trinajstić information content (AvgIpc) is 2.22. The molecule has 0 spiro atoms. The largest absolute Gasteiger partial charge is 0.399 e. The van der Waals surface area contributed by atoms with Gasteiger partial charge in [-0.25, -0.2) is 8.42 Å². The van der Waals surface area contributed by atoms with Crippen LogP contribution in [0.15, 0.2) is 35.7 Å². The van der Waals surface area contributed by atoms with E-state index in [1.54, 1.807) is 6.07 Å². The summed E-state index contributed by atoms with van der Waals surface area (Å²) in [6, 6.07) is 4.36. The minimum Gasteiger partial charge on any atom is -0.399 e. The normalized spacial score (nSPS) is 11.7. The molecule has 2 N–H and O–H groups in total. The van der Waals surface area contributed by atoms with Gasteiger partial charge in [-0.05, 0) is 18.2 Å². The van der Waals surface area contributed by atoms with E-state index in [0.29, 0.717) is 5.69 Å². The monoisotopic (exact) mass is 260 g/mol. The predicted octanol–water partition coefficient (Wildman–Crippen LogP) is 1.73. The number of nitrogens with zero attached hydrogens (tertiary/aromatic N) is 1. The van der Waals surface area contributed by atoms with Crippen LogP contribution in [0.1, 0.15) is 0 Å². The lowest BCUT2D eigenvalue weighted by atomic mass is 10.3. The van der Waals surface area contributed by atoms with E-state index in [9.17, 15) is 8.42 Å². The molecule has 16 heavy (non-hydrogen) atoms. The summed E-state index contributed by atoms with van der Waals surface area (Å²) in [4.78, 5) is 0.0125. The van der Waals surface area contributed by atoms with Crippen molar-refractivity contribution in [3.8, 4) is 0 Å². The van der Waals surface area contributed by atoms with Crippen molar-refractivity contribution in [1.29, 1.82) is 0 Å². The molecule has 0 bridgehead atoms. The molecular formula is C10H13ClN2O2S. The minimum atomic E-state index is -3.60. The van der Waals surface area contributed by atoms with Gasteiger partial charge in [0.25, 0.3) is 0 Å². The molecule has 1 aromatic carbocycles. The second kappa shape index (κ2) is 4.86. The van der Waals surface area contributed by atoms with E-state index in [4.69, 9.17) is 17.3 Å². The molecule has 0 aliphatic rings. The van der Waals surface area contributed by atoms with Gasteiger partial charge in [0.2, 0.25) is 10.0 Å². The van der Waals surface area contributed by atoms with Crippen LogP contribution in [0.4, 0.5) is 5.69 Å². The molecule has 1 aromatic rings. The van der Waals surface area contributed by atoms with Gasteiger partial charge in [0, 0.05) is 19.3 Å². The van der Waals surface area contributed by atoms with Crippen molar-refractivity contribution in [3.63, 3.8) is 0 Å². The van der Waals surface area contributed by atoms with Crippen LogP contribution in [0.25, 0.3) is 0 Å².